The van der Waals surface area contributed by atoms with E-state index in [1.165, 1.54) is 11.3 Å². The van der Waals surface area contributed by atoms with Crippen LogP contribution in [-0.4, -0.2) is 18.3 Å². The van der Waals surface area contributed by atoms with E-state index in [0.717, 1.165) is 13.1 Å². The number of hydrogen-bond acceptors (Lipinski definition) is 4. The van der Waals surface area contributed by atoms with E-state index in [9.17, 15) is 5.11 Å². The van der Waals surface area contributed by atoms with E-state index in [2.05, 4.69) is 31.9 Å². The van der Waals surface area contributed by atoms with Crippen LogP contribution in [0.2, 0.25) is 5.02 Å². The van der Waals surface area contributed by atoms with Crippen LogP contribution in [0.25, 0.3) is 0 Å². The van der Waals surface area contributed by atoms with Crippen LogP contribution in [-0.2, 0) is 0 Å². The summed E-state index contributed by atoms with van der Waals surface area (Å²) in [5.41, 5.74) is 1.36. The summed E-state index contributed by atoms with van der Waals surface area (Å²) in [7, 11) is 0. The molecule has 1 N–H and O–H groups in total. The van der Waals surface area contributed by atoms with Crippen LogP contribution in [0, 0.1) is 0 Å². The minimum Gasteiger partial charge on any atom is -0.486 e. The number of rotatable bonds is 2. The molecule has 0 spiro atoms. The van der Waals surface area contributed by atoms with Crippen LogP contribution in [0.5, 0.6) is 11.5 Å². The summed E-state index contributed by atoms with van der Waals surface area (Å²) >= 11 is 14.6. The largest absolute Gasteiger partial charge is 0.486 e. The smallest absolute Gasteiger partial charge is 0.162 e. The number of aliphatic hydroxyl groups is 1. The number of thiophene rings is 1. The van der Waals surface area contributed by atoms with Gasteiger partial charge in [-0.2, -0.15) is 0 Å². The Morgan fingerprint density at radius 2 is 1.75 bits per heavy atom. The van der Waals surface area contributed by atoms with Crippen LogP contribution >= 0.6 is 54.8 Å². The van der Waals surface area contributed by atoms with Crippen LogP contribution in [0.3, 0.4) is 0 Å². The first-order valence-electron chi connectivity index (χ1n) is 5.78. The standard InChI is InChI=1S/C13H9Br2ClO3S/c14-11-4-7(13(15)20-11)12(17)6-3-9-10(5-8(6)16)19-2-1-18-9/h3-5,12,17H,1-2H2. The minimum atomic E-state index is -0.824. The lowest BCUT2D eigenvalue weighted by Gasteiger charge is -2.21. The Kier molecular flexibility index (Phi) is 4.29. The van der Waals surface area contributed by atoms with E-state index in [0.29, 0.717) is 35.3 Å². The summed E-state index contributed by atoms with van der Waals surface area (Å²) < 4.78 is 12.8. The third-order valence-corrected chi connectivity index (χ3v) is 5.65. The molecule has 1 unspecified atom stereocenters. The zero-order chi connectivity index (χ0) is 14.3. The van der Waals surface area contributed by atoms with Crippen LogP contribution in [0.4, 0.5) is 0 Å². The van der Waals surface area contributed by atoms with Gasteiger partial charge in [0.25, 0.3) is 0 Å². The van der Waals surface area contributed by atoms with Gasteiger partial charge in [-0.1, -0.05) is 11.6 Å². The Hall–Kier alpha value is -0.270. The molecule has 0 fully saturated rings. The van der Waals surface area contributed by atoms with Crippen molar-refractivity contribution in [1.29, 1.82) is 0 Å². The molecule has 3 nitrogen and oxygen atoms in total. The normalized spacial score (nSPS) is 15.2. The maximum absolute atomic E-state index is 10.5. The third-order valence-electron chi connectivity index (χ3n) is 2.93. The van der Waals surface area contributed by atoms with Gasteiger partial charge < -0.3 is 14.6 Å². The van der Waals surface area contributed by atoms with Crippen molar-refractivity contribution >= 4 is 54.8 Å². The highest BCUT2D eigenvalue weighted by Crippen LogP contribution is 2.43. The van der Waals surface area contributed by atoms with Gasteiger partial charge in [0.15, 0.2) is 11.5 Å². The maximum Gasteiger partial charge on any atom is 0.162 e. The van der Waals surface area contributed by atoms with Gasteiger partial charge in [-0.25, -0.2) is 0 Å². The van der Waals surface area contributed by atoms with Crippen molar-refractivity contribution in [3.8, 4) is 11.5 Å². The molecule has 2 heterocycles. The van der Waals surface area contributed by atoms with Gasteiger partial charge in [0.2, 0.25) is 0 Å². The molecule has 0 radical (unpaired) electrons. The molecule has 1 atom stereocenters. The Bertz CT molecular complexity index is 659. The molecule has 3 rings (SSSR count). The average molecular weight is 441 g/mol. The number of aliphatic hydroxyl groups excluding tert-OH is 1. The zero-order valence-electron chi connectivity index (χ0n) is 10.0. The molecule has 106 valence electrons. The number of fused-ring (bicyclic) bond motifs is 1. The number of benzene rings is 1. The summed E-state index contributed by atoms with van der Waals surface area (Å²) in [5, 5.41) is 11.0. The fourth-order valence-corrected chi connectivity index (χ4v) is 5.14. The van der Waals surface area contributed by atoms with Gasteiger partial charge in [-0.15, -0.1) is 11.3 Å². The lowest BCUT2D eigenvalue weighted by Crippen LogP contribution is -2.16. The SMILES string of the molecule is OC(c1cc2c(cc1Cl)OCCO2)c1cc(Br)sc1Br. The van der Waals surface area contributed by atoms with E-state index >= 15 is 0 Å². The first kappa shape index (κ1) is 14.7. The summed E-state index contributed by atoms with van der Waals surface area (Å²) in [5.74, 6) is 1.22. The molecule has 1 aromatic carbocycles. The molecule has 7 heteroatoms. The zero-order valence-corrected chi connectivity index (χ0v) is 14.8. The lowest BCUT2D eigenvalue weighted by atomic mass is 10.0. The highest BCUT2D eigenvalue weighted by molar-refractivity contribution is 9.12. The molecule has 0 saturated heterocycles. The van der Waals surface area contributed by atoms with Crippen molar-refractivity contribution in [3.63, 3.8) is 0 Å². The van der Waals surface area contributed by atoms with Gasteiger partial charge >= 0.3 is 0 Å². The molecule has 0 saturated carbocycles. The van der Waals surface area contributed by atoms with Gasteiger partial charge in [0, 0.05) is 17.2 Å². The number of halogens is 3. The van der Waals surface area contributed by atoms with Gasteiger partial charge in [-0.3, -0.25) is 0 Å². The molecule has 1 aliphatic heterocycles. The van der Waals surface area contributed by atoms with Crippen molar-refractivity contribution in [3.05, 3.63) is 41.9 Å². The van der Waals surface area contributed by atoms with E-state index < -0.39 is 6.10 Å². The average Bonchev–Trinajstić information content (AvgIpc) is 2.76. The fourth-order valence-electron chi connectivity index (χ4n) is 2.00. The minimum absolute atomic E-state index is 0.455. The lowest BCUT2D eigenvalue weighted by molar-refractivity contribution is 0.169. The highest BCUT2D eigenvalue weighted by Gasteiger charge is 2.23. The molecular weight excluding hydrogens is 431 g/mol. The Labute approximate surface area is 141 Å². The monoisotopic (exact) mass is 438 g/mol. The molecule has 0 bridgehead atoms. The molecule has 1 aliphatic rings. The predicted molar refractivity (Wildman–Crippen MR) is 86.2 cm³/mol. The third kappa shape index (κ3) is 2.72. The molecular formula is C13H9Br2ClO3S. The second-order valence-electron chi connectivity index (χ2n) is 4.20. The van der Waals surface area contributed by atoms with Crippen molar-refractivity contribution < 1.29 is 14.6 Å². The van der Waals surface area contributed by atoms with Crippen LogP contribution in [0.1, 0.15) is 17.2 Å². The molecule has 20 heavy (non-hydrogen) atoms. The first-order valence-corrected chi connectivity index (χ1v) is 8.56. The van der Waals surface area contributed by atoms with Crippen LogP contribution < -0.4 is 9.47 Å². The van der Waals surface area contributed by atoms with Crippen molar-refractivity contribution in [2.45, 2.75) is 6.10 Å². The molecule has 1 aromatic heterocycles. The quantitative estimate of drug-likeness (QED) is 0.731. The fraction of sp³-hybridized carbons (Fsp3) is 0.231. The molecule has 0 amide bonds. The predicted octanol–water partition coefficient (Wildman–Crippen LogP) is 4.78. The highest BCUT2D eigenvalue weighted by atomic mass is 79.9. The summed E-state index contributed by atoms with van der Waals surface area (Å²) in [6.45, 7) is 1.01. The summed E-state index contributed by atoms with van der Waals surface area (Å²) in [4.78, 5) is 0. The second-order valence-corrected chi connectivity index (χ2v) is 8.36. The summed E-state index contributed by atoms with van der Waals surface area (Å²) in [6.07, 6.45) is -0.824. The van der Waals surface area contributed by atoms with Gasteiger partial charge in [-0.05, 0) is 44.0 Å². The number of hydrogen-bond donors (Lipinski definition) is 1. The second kappa shape index (κ2) is 5.85. The number of ether oxygens (including phenoxy) is 2. The maximum atomic E-state index is 10.5. The Morgan fingerprint density at radius 3 is 2.35 bits per heavy atom. The Balaban J connectivity index is 2.03. The van der Waals surface area contributed by atoms with Crippen LogP contribution in [0.15, 0.2) is 25.8 Å². The summed E-state index contributed by atoms with van der Waals surface area (Å²) in [6, 6.07) is 5.29. The van der Waals surface area contributed by atoms with E-state index in [-0.39, 0.29) is 0 Å². The molecule has 0 aliphatic carbocycles. The van der Waals surface area contributed by atoms with E-state index in [1.807, 2.05) is 6.07 Å². The van der Waals surface area contributed by atoms with E-state index in [1.54, 1.807) is 12.1 Å². The van der Waals surface area contributed by atoms with Crippen molar-refractivity contribution in [1.82, 2.24) is 0 Å². The topological polar surface area (TPSA) is 38.7 Å². The van der Waals surface area contributed by atoms with Gasteiger partial charge in [0.1, 0.15) is 19.3 Å². The first-order chi connectivity index (χ1) is 9.56. The molecule has 2 aromatic rings. The van der Waals surface area contributed by atoms with Crippen molar-refractivity contribution in [2.24, 2.45) is 0 Å². The Morgan fingerprint density at radius 1 is 1.10 bits per heavy atom. The van der Waals surface area contributed by atoms with Crippen molar-refractivity contribution in [2.75, 3.05) is 13.2 Å². The van der Waals surface area contributed by atoms with Gasteiger partial charge in [0.05, 0.1) is 12.6 Å². The van der Waals surface area contributed by atoms with E-state index in [4.69, 9.17) is 21.1 Å².